The van der Waals surface area contributed by atoms with Crippen molar-refractivity contribution in [1.82, 2.24) is 25.6 Å². The van der Waals surface area contributed by atoms with E-state index in [-0.39, 0.29) is 18.1 Å². The highest BCUT2D eigenvalue weighted by Gasteiger charge is 2.36. The number of hydrogen-bond acceptors (Lipinski definition) is 14. The summed E-state index contributed by atoms with van der Waals surface area (Å²) in [5.74, 6) is -0.0591. The number of rotatable bonds is 16. The number of amides is 3. The third kappa shape index (κ3) is 13.3. The number of para-hydroxylation sites is 1. The average molecular weight is 1070 g/mol. The monoisotopic (exact) mass is 1070 g/mol. The molecule has 0 aliphatic carbocycles. The zero-order valence-electron chi connectivity index (χ0n) is 41.1. The van der Waals surface area contributed by atoms with Gasteiger partial charge in [0, 0.05) is 87.8 Å². The molecule has 3 amide bonds. The minimum absolute atomic E-state index is 0.0591. The Morgan fingerprint density at radius 1 is 0.740 bits per heavy atom. The Balaban J connectivity index is 0.000000149. The van der Waals surface area contributed by atoms with Crippen molar-refractivity contribution >= 4 is 117 Å². The maximum absolute atomic E-state index is 12.5. The molecule has 12 nitrogen and oxygen atoms in total. The smallest absolute Gasteiger partial charge is 0.414 e. The largest absolute Gasteiger partial charge is 0.452 e. The molecule has 2 aliphatic heterocycles. The van der Waals surface area contributed by atoms with Crippen LogP contribution in [0.2, 0.25) is 0 Å². The second kappa shape index (κ2) is 27.0. The summed E-state index contributed by atoms with van der Waals surface area (Å²) in [4.78, 5) is 57.2. The number of hydrogen-bond donors (Lipinski definition) is 2. The van der Waals surface area contributed by atoms with Crippen molar-refractivity contribution in [2.75, 3.05) is 55.4 Å². The number of carbonyl (C=O) groups excluding carboxylic acids is 3. The van der Waals surface area contributed by atoms with E-state index in [1.54, 1.807) is 77.1 Å². The molecule has 0 radical (unpaired) electrons. The Morgan fingerprint density at radius 3 is 2.05 bits per heavy atom. The van der Waals surface area contributed by atoms with Gasteiger partial charge in [-0.3, -0.25) is 29.4 Å². The van der Waals surface area contributed by atoms with Crippen LogP contribution in [0.15, 0.2) is 161 Å². The van der Waals surface area contributed by atoms with Gasteiger partial charge in [0.1, 0.15) is 0 Å². The van der Waals surface area contributed by atoms with Crippen molar-refractivity contribution in [3.63, 3.8) is 0 Å². The SMILES string of the molecule is COC(=O)N1c2ccccc2CC1CN(C=O)c1ccc(SSC)c2ncccc12.CSSc1ccc(CNCc2ccccc2)c2cccnc12.CSc1ccc(C(=O)NCC2CCCO2)c2cccnc12. The van der Waals surface area contributed by atoms with E-state index in [0.29, 0.717) is 25.1 Å². The number of ether oxygens (including phenoxy) is 2. The van der Waals surface area contributed by atoms with Gasteiger partial charge in [0.15, 0.2) is 0 Å². The van der Waals surface area contributed by atoms with E-state index in [9.17, 15) is 14.4 Å². The highest BCUT2D eigenvalue weighted by molar-refractivity contribution is 8.76. The summed E-state index contributed by atoms with van der Waals surface area (Å²) < 4.78 is 10.6. The lowest BCUT2D eigenvalue weighted by Gasteiger charge is -2.29. The van der Waals surface area contributed by atoms with Crippen LogP contribution in [0.25, 0.3) is 32.7 Å². The fourth-order valence-electron chi connectivity index (χ4n) is 8.99. The number of benzene rings is 5. The number of pyridine rings is 3. The number of thioether (sulfide) groups is 1. The molecule has 2 aliphatic rings. The van der Waals surface area contributed by atoms with Crippen LogP contribution >= 0.6 is 54.9 Å². The summed E-state index contributed by atoms with van der Waals surface area (Å²) >= 11 is 1.64. The van der Waals surface area contributed by atoms with Gasteiger partial charge in [-0.25, -0.2) is 4.79 Å². The third-order valence-electron chi connectivity index (χ3n) is 12.4. The number of carbonyl (C=O) groups is 3. The highest BCUT2D eigenvalue weighted by atomic mass is 33.1. The molecule has 73 heavy (non-hydrogen) atoms. The van der Waals surface area contributed by atoms with Crippen LogP contribution < -0.4 is 20.4 Å². The molecule has 3 aromatic heterocycles. The Morgan fingerprint density at radius 2 is 1.38 bits per heavy atom. The van der Waals surface area contributed by atoms with Gasteiger partial charge in [-0.1, -0.05) is 110 Å². The van der Waals surface area contributed by atoms with E-state index in [4.69, 9.17) is 9.47 Å². The van der Waals surface area contributed by atoms with Crippen LogP contribution in [0.1, 0.15) is 39.9 Å². The van der Waals surface area contributed by atoms with E-state index in [1.165, 1.54) is 28.5 Å². The summed E-state index contributed by atoms with van der Waals surface area (Å²) in [5.41, 5.74) is 8.80. The number of fused-ring (bicyclic) bond motifs is 4. The lowest BCUT2D eigenvalue weighted by Crippen LogP contribution is -2.45. The normalized spacial score (nSPS) is 14.7. The number of anilines is 2. The quantitative estimate of drug-likeness (QED) is 0.0539. The Hall–Kier alpha value is -5.79. The van der Waals surface area contributed by atoms with Crippen molar-refractivity contribution in [3.8, 4) is 0 Å². The molecule has 376 valence electrons. The highest BCUT2D eigenvalue weighted by Crippen LogP contribution is 2.39. The summed E-state index contributed by atoms with van der Waals surface area (Å²) in [6.45, 7) is 3.46. The molecular weight excluding hydrogens is 1010 g/mol. The summed E-state index contributed by atoms with van der Waals surface area (Å²) in [7, 11) is 8.19. The lowest BCUT2D eigenvalue weighted by atomic mass is 10.1. The van der Waals surface area contributed by atoms with Crippen LogP contribution in [0.3, 0.4) is 0 Å². The van der Waals surface area contributed by atoms with E-state index in [1.807, 2.05) is 104 Å². The van der Waals surface area contributed by atoms with Crippen molar-refractivity contribution in [2.24, 2.45) is 0 Å². The molecule has 5 aromatic carbocycles. The maximum Gasteiger partial charge on any atom is 0.414 e. The van der Waals surface area contributed by atoms with Gasteiger partial charge < -0.3 is 25.0 Å². The number of aromatic nitrogens is 3. The molecule has 2 N–H and O–H groups in total. The lowest BCUT2D eigenvalue weighted by molar-refractivity contribution is -0.107. The van der Waals surface area contributed by atoms with Crippen molar-refractivity contribution < 1.29 is 23.9 Å². The fraction of sp³-hybridized carbons (Fsp3) is 0.250. The van der Waals surface area contributed by atoms with E-state index in [0.717, 1.165) is 93.0 Å². The average Bonchev–Trinajstić information content (AvgIpc) is 4.11. The first-order valence-corrected chi connectivity index (χ1v) is 30.1. The van der Waals surface area contributed by atoms with E-state index in [2.05, 4.69) is 74.3 Å². The van der Waals surface area contributed by atoms with Gasteiger partial charge >= 0.3 is 6.09 Å². The first-order valence-electron chi connectivity index (χ1n) is 23.7. The second-order valence-corrected chi connectivity index (χ2v) is 22.6. The molecule has 0 spiro atoms. The molecule has 17 heteroatoms. The zero-order chi connectivity index (χ0) is 50.9. The Bertz CT molecular complexity index is 3150. The van der Waals surface area contributed by atoms with Crippen molar-refractivity contribution in [1.29, 1.82) is 0 Å². The van der Waals surface area contributed by atoms with Crippen LogP contribution in [-0.4, -0.2) is 91.1 Å². The topological polar surface area (TPSA) is 139 Å². The Kier molecular flexibility index (Phi) is 19.8. The molecule has 2 unspecified atom stereocenters. The first-order chi connectivity index (χ1) is 35.8. The van der Waals surface area contributed by atoms with Crippen LogP contribution in [0.5, 0.6) is 0 Å². The molecule has 2 atom stereocenters. The zero-order valence-corrected chi connectivity index (χ0v) is 45.1. The van der Waals surface area contributed by atoms with Gasteiger partial charge in [0.25, 0.3) is 5.91 Å². The van der Waals surface area contributed by atoms with Gasteiger partial charge in [-0.05, 0) is 115 Å². The molecule has 8 aromatic rings. The van der Waals surface area contributed by atoms with Crippen LogP contribution in [0.4, 0.5) is 16.2 Å². The summed E-state index contributed by atoms with van der Waals surface area (Å²) in [6.07, 6.45) is 14.8. The van der Waals surface area contributed by atoms with Gasteiger partial charge in [0.05, 0.1) is 47.2 Å². The van der Waals surface area contributed by atoms with Gasteiger partial charge in [-0.15, -0.1) is 11.8 Å². The molecule has 1 fully saturated rings. The molecule has 5 heterocycles. The summed E-state index contributed by atoms with van der Waals surface area (Å²) in [5, 5.41) is 9.54. The second-order valence-electron chi connectivity index (χ2n) is 16.8. The summed E-state index contributed by atoms with van der Waals surface area (Å²) in [6, 6.07) is 42.0. The molecule has 0 bridgehead atoms. The van der Waals surface area contributed by atoms with Crippen molar-refractivity contribution in [2.45, 2.75) is 59.2 Å². The molecule has 0 saturated carbocycles. The van der Waals surface area contributed by atoms with E-state index >= 15 is 0 Å². The van der Waals surface area contributed by atoms with Crippen molar-refractivity contribution in [3.05, 3.63) is 168 Å². The number of nitrogens with one attached hydrogen (secondary N) is 2. The van der Waals surface area contributed by atoms with Gasteiger partial charge in [0.2, 0.25) is 6.41 Å². The number of methoxy groups -OCH3 is 1. The fourth-order valence-corrected chi connectivity index (χ4v) is 12.5. The first kappa shape index (κ1) is 53.5. The standard InChI is InChI=1S/C22H21N3O3S2.C18H18N2S2.C16H18N2O2S/c1-28-22(27)25-16(12-15-6-3-4-8-18(15)25)13-24(14-26)19-9-10-20(30-29-2)21-17(19)7-5-11-23-21;1-21-22-17-10-9-15(16-8-5-11-20-18(16)17)13-19-12-14-6-3-2-4-7-14;1-21-14-7-6-13(12-5-2-8-17-15(12)14)16(19)18-10-11-4-3-9-20-11/h3-11,14,16H,12-13H2,1-2H3;2-11,19H,12-13H2,1H3;2,5-8,11H,3-4,9-10H2,1H3,(H,18,19). The maximum atomic E-state index is 12.5. The minimum atomic E-state index is -0.422. The molecular formula is C56H57N7O5S5. The predicted molar refractivity (Wildman–Crippen MR) is 306 cm³/mol. The van der Waals surface area contributed by atoms with E-state index < -0.39 is 6.09 Å². The van der Waals surface area contributed by atoms with Gasteiger partial charge in [-0.2, -0.15) is 0 Å². The van der Waals surface area contributed by atoms with Crippen LogP contribution in [-0.2, 0) is 33.8 Å². The molecule has 1 saturated heterocycles. The molecule has 10 rings (SSSR count). The van der Waals surface area contributed by atoms with Crippen LogP contribution in [0, 0.1) is 0 Å². The predicted octanol–water partition coefficient (Wildman–Crippen LogP) is 12.5. The third-order valence-corrected chi connectivity index (χ3v) is 16.6. The Labute approximate surface area is 446 Å². The minimum Gasteiger partial charge on any atom is -0.452 e. The number of nitrogens with zero attached hydrogens (tertiary/aromatic N) is 5.